The molecule has 5 aromatic rings. The zero-order chi connectivity index (χ0) is 28.4. The van der Waals surface area contributed by atoms with Crippen molar-refractivity contribution in [1.29, 1.82) is 0 Å². The van der Waals surface area contributed by atoms with E-state index < -0.39 is 8.24 Å². The van der Waals surface area contributed by atoms with E-state index in [4.69, 9.17) is 0 Å². The maximum Gasteiger partial charge on any atom is 0.160 e. The van der Waals surface area contributed by atoms with Crippen LogP contribution >= 0.6 is 0 Å². The number of allylic oxidation sites excluding steroid dienone is 4. The normalized spacial score (nSPS) is 22.8. The van der Waals surface area contributed by atoms with Gasteiger partial charge in [-0.2, -0.15) is 0 Å². The van der Waals surface area contributed by atoms with Gasteiger partial charge in [-0.3, -0.25) is 0 Å². The summed E-state index contributed by atoms with van der Waals surface area (Å²) in [6, 6.07) is 38.2. The molecule has 0 aromatic heterocycles. The van der Waals surface area contributed by atoms with Crippen molar-refractivity contribution >= 4 is 58.1 Å². The van der Waals surface area contributed by atoms with E-state index in [0.717, 1.165) is 0 Å². The Kier molecular flexibility index (Phi) is 5.94. The molecule has 1 saturated carbocycles. The van der Waals surface area contributed by atoms with Crippen LogP contribution in [0.15, 0.2) is 121 Å². The van der Waals surface area contributed by atoms with Gasteiger partial charge in [0, 0.05) is 0 Å². The lowest BCUT2D eigenvalue weighted by Gasteiger charge is -2.49. The molecule has 2 nitrogen and oxygen atoms in total. The Bertz CT molecular complexity index is 1800. The number of nitrogens with zero attached hydrogens (tertiary/aromatic N) is 1. The van der Waals surface area contributed by atoms with Crippen LogP contribution in [0.25, 0.3) is 27.1 Å². The molecule has 0 saturated heterocycles. The van der Waals surface area contributed by atoms with E-state index >= 15 is 0 Å². The molecule has 208 valence electrons. The molecule has 1 heterocycles. The molecule has 1 N–H and O–H groups in total. The van der Waals surface area contributed by atoms with Crippen molar-refractivity contribution < 1.29 is 0 Å². The van der Waals surface area contributed by atoms with Gasteiger partial charge < -0.3 is 9.88 Å². The second kappa shape index (κ2) is 9.74. The molecule has 3 heteroatoms. The summed E-state index contributed by atoms with van der Waals surface area (Å²) in [7, 11) is -2.09. The minimum atomic E-state index is -2.09. The lowest BCUT2D eigenvalue weighted by Crippen LogP contribution is -2.53. The first-order valence-corrected chi connectivity index (χ1v) is 18.6. The Labute approximate surface area is 250 Å². The average Bonchev–Trinajstić information content (AvgIpc) is 3.42. The summed E-state index contributed by atoms with van der Waals surface area (Å²) in [5.74, 6) is 1.74. The van der Waals surface area contributed by atoms with Crippen LogP contribution in [0.4, 0.5) is 22.7 Å². The van der Waals surface area contributed by atoms with Gasteiger partial charge in [0.05, 0.1) is 22.7 Å². The molecule has 0 radical (unpaired) electrons. The number of hydrogen-bond donors (Lipinski definition) is 1. The van der Waals surface area contributed by atoms with Crippen LogP contribution in [0.3, 0.4) is 0 Å². The molecule has 0 bridgehead atoms. The molecule has 4 atom stereocenters. The minimum Gasteiger partial charge on any atom is -0.366 e. The van der Waals surface area contributed by atoms with Gasteiger partial charge in [0.25, 0.3) is 0 Å². The number of para-hydroxylation sites is 4. The predicted octanol–water partition coefficient (Wildman–Crippen LogP) is 11.1. The fraction of sp³-hybridized carbons (Fsp3) is 0.231. The van der Waals surface area contributed by atoms with Crippen molar-refractivity contribution in [3.05, 3.63) is 127 Å². The number of nitrogens with one attached hydrogen (secondary N) is 1. The Balaban J connectivity index is 1.27. The number of fused-ring (bicyclic) bond motifs is 5. The second-order valence-corrected chi connectivity index (χ2v) is 17.4. The first-order chi connectivity index (χ1) is 20.6. The van der Waals surface area contributed by atoms with E-state index in [1.807, 2.05) is 0 Å². The molecule has 1 unspecified atom stereocenters. The highest BCUT2D eigenvalue weighted by Crippen LogP contribution is 2.61. The molecule has 1 aliphatic heterocycles. The number of rotatable bonds is 4. The van der Waals surface area contributed by atoms with Gasteiger partial charge in [-0.05, 0) is 92.7 Å². The van der Waals surface area contributed by atoms with Crippen molar-refractivity contribution in [2.45, 2.75) is 38.4 Å². The highest BCUT2D eigenvalue weighted by atomic mass is 28.3. The Morgan fingerprint density at radius 1 is 0.762 bits per heavy atom. The molecule has 8 rings (SSSR count). The average molecular weight is 563 g/mol. The summed E-state index contributed by atoms with van der Waals surface area (Å²) in [4.78, 5) is 0. The van der Waals surface area contributed by atoms with Crippen LogP contribution in [0.1, 0.15) is 25.3 Å². The Morgan fingerprint density at radius 3 is 1.95 bits per heavy atom. The molecular weight excluding hydrogens is 525 g/mol. The Hall–Kier alpha value is -4.08. The van der Waals surface area contributed by atoms with Gasteiger partial charge in [0.2, 0.25) is 0 Å². The second-order valence-electron chi connectivity index (χ2n) is 13.0. The van der Waals surface area contributed by atoms with Gasteiger partial charge >= 0.3 is 0 Å². The maximum absolute atomic E-state index is 3.73. The first kappa shape index (κ1) is 25.6. The summed E-state index contributed by atoms with van der Waals surface area (Å²) in [5.41, 5.74) is 8.75. The zero-order valence-corrected chi connectivity index (χ0v) is 25.7. The largest absolute Gasteiger partial charge is 0.366 e. The summed E-state index contributed by atoms with van der Waals surface area (Å²) in [6.07, 6.45) is 9.90. The topological polar surface area (TPSA) is 15.3 Å². The smallest absolute Gasteiger partial charge is 0.160 e. The van der Waals surface area contributed by atoms with E-state index in [-0.39, 0.29) is 0 Å². The van der Waals surface area contributed by atoms with Crippen molar-refractivity contribution in [2.75, 3.05) is 9.88 Å². The van der Waals surface area contributed by atoms with Gasteiger partial charge in [0.15, 0.2) is 8.24 Å². The van der Waals surface area contributed by atoms with Gasteiger partial charge in [0.1, 0.15) is 0 Å². The number of anilines is 4. The molecule has 3 aliphatic rings. The number of hydrogen-bond acceptors (Lipinski definition) is 2. The summed E-state index contributed by atoms with van der Waals surface area (Å²) >= 11 is 0. The predicted molar refractivity (Wildman–Crippen MR) is 183 cm³/mol. The lowest BCUT2D eigenvalue weighted by molar-refractivity contribution is 0.499. The molecule has 1 fully saturated rings. The fourth-order valence-corrected chi connectivity index (χ4v) is 13.6. The Morgan fingerprint density at radius 2 is 1.33 bits per heavy atom. The third-order valence-electron chi connectivity index (χ3n) is 10.5. The fourth-order valence-electron chi connectivity index (χ4n) is 8.85. The number of benzene rings is 5. The monoisotopic (exact) mass is 562 g/mol. The van der Waals surface area contributed by atoms with Crippen molar-refractivity contribution in [2.24, 2.45) is 17.8 Å². The van der Waals surface area contributed by atoms with Crippen LogP contribution in [0, 0.1) is 17.8 Å². The minimum absolute atomic E-state index is 0.527. The van der Waals surface area contributed by atoms with Crippen LogP contribution in [0.5, 0.6) is 0 Å². The van der Waals surface area contributed by atoms with Crippen LogP contribution < -0.4 is 9.88 Å². The highest BCUT2D eigenvalue weighted by Gasteiger charge is 2.54. The molecule has 0 spiro atoms. The van der Waals surface area contributed by atoms with E-state index in [1.165, 1.54) is 62.7 Å². The van der Waals surface area contributed by atoms with E-state index in [9.17, 15) is 0 Å². The summed E-state index contributed by atoms with van der Waals surface area (Å²) in [5, 5.41) is 9.18. The quantitative estimate of drug-likeness (QED) is 0.173. The van der Waals surface area contributed by atoms with Gasteiger partial charge in [-0.1, -0.05) is 117 Å². The van der Waals surface area contributed by atoms with Gasteiger partial charge in [-0.25, -0.2) is 0 Å². The molecule has 5 aromatic carbocycles. The van der Waals surface area contributed by atoms with E-state index in [1.54, 1.807) is 5.57 Å². The lowest BCUT2D eigenvalue weighted by atomic mass is 9.78. The molecule has 0 amide bonds. The van der Waals surface area contributed by atoms with Crippen molar-refractivity contribution in [1.82, 2.24) is 0 Å². The molecule has 42 heavy (non-hydrogen) atoms. The van der Waals surface area contributed by atoms with Crippen LogP contribution in [-0.4, -0.2) is 8.24 Å². The third-order valence-corrected chi connectivity index (χ3v) is 14.6. The molecule has 2 aliphatic carbocycles. The van der Waals surface area contributed by atoms with Crippen molar-refractivity contribution in [3.8, 4) is 0 Å². The van der Waals surface area contributed by atoms with Crippen molar-refractivity contribution in [3.63, 3.8) is 0 Å². The van der Waals surface area contributed by atoms with Gasteiger partial charge in [-0.15, -0.1) is 0 Å². The van der Waals surface area contributed by atoms with Crippen LogP contribution in [0.2, 0.25) is 18.6 Å². The van der Waals surface area contributed by atoms with Crippen LogP contribution in [-0.2, 0) is 0 Å². The summed E-state index contributed by atoms with van der Waals surface area (Å²) in [6.45, 7) is 7.71. The van der Waals surface area contributed by atoms with E-state index in [0.29, 0.717) is 23.3 Å². The highest BCUT2D eigenvalue weighted by molar-refractivity contribution is 6.84. The first-order valence-electron chi connectivity index (χ1n) is 15.6. The van der Waals surface area contributed by atoms with E-state index in [2.05, 4.69) is 151 Å². The SMILES string of the molecule is CC[C@@H]1C[C@@H]2C(c3c4ccccc4cc4ccccc34)=CC=C[C@@H]2C1[Si](C)(C)N1c2ccccc2Nc2ccccc21. The third kappa shape index (κ3) is 3.76. The summed E-state index contributed by atoms with van der Waals surface area (Å²) < 4.78 is 2.79. The standard InChI is InChI=1S/C39H38N2Si/c1-4-26-25-33-31(38-29-16-7-5-14-27(29)24-28-15-6-8-17-30(28)38)18-13-19-32(33)39(26)42(2,3)41-36-22-11-9-20-34(36)40-35-21-10-12-23-37(35)41/h5-24,26,32-33,39-40H,4,25H2,1-3H3/t26-,32+,33-,39?/m1/s1. The zero-order valence-electron chi connectivity index (χ0n) is 24.7. The maximum atomic E-state index is 3.73. The molecular formula is C39H38N2Si.